The third kappa shape index (κ3) is 5.13. The molecule has 2 aliphatic rings. The fourth-order valence-corrected chi connectivity index (χ4v) is 5.31. The number of piperidine rings is 1. The molecule has 0 aliphatic carbocycles. The van der Waals surface area contributed by atoms with Gasteiger partial charge in [0.25, 0.3) is 0 Å². The van der Waals surface area contributed by atoms with Crippen LogP contribution in [-0.4, -0.2) is 48.2 Å². The molecule has 0 radical (unpaired) electrons. The third-order valence-electron chi connectivity index (χ3n) is 6.94. The Morgan fingerprint density at radius 2 is 1.89 bits per heavy atom. The lowest BCUT2D eigenvalue weighted by molar-refractivity contribution is 0.126. The van der Waals surface area contributed by atoms with Crippen molar-refractivity contribution in [3.63, 3.8) is 0 Å². The largest absolute Gasteiger partial charge is 0.375 e. The van der Waals surface area contributed by atoms with Crippen molar-refractivity contribution in [1.29, 1.82) is 0 Å². The lowest BCUT2D eigenvalue weighted by atomic mass is 9.73. The van der Waals surface area contributed by atoms with Gasteiger partial charge in [-0.15, -0.1) is 0 Å². The number of nitrogens with two attached hydrogens (primary N) is 1. The average molecular weight is 486 g/mol. The normalized spacial score (nSPS) is 16.3. The number of rotatable bonds is 4. The summed E-state index contributed by atoms with van der Waals surface area (Å²) in [7, 11) is 1.86. The first-order valence-corrected chi connectivity index (χ1v) is 12.7. The topological polar surface area (TPSA) is 92.0 Å². The molecule has 7 nitrogen and oxygen atoms in total. The highest BCUT2D eigenvalue weighted by Crippen LogP contribution is 2.36. The van der Waals surface area contributed by atoms with E-state index in [4.69, 9.17) is 5.73 Å². The van der Waals surface area contributed by atoms with E-state index < -0.39 is 0 Å². The van der Waals surface area contributed by atoms with Gasteiger partial charge < -0.3 is 21.3 Å². The number of aromatic nitrogens is 3. The Kier molecular flexibility index (Phi) is 6.66. The zero-order valence-corrected chi connectivity index (χ0v) is 20.8. The zero-order valence-electron chi connectivity index (χ0n) is 20.0. The van der Waals surface area contributed by atoms with Crippen molar-refractivity contribution in [2.75, 3.05) is 49.2 Å². The fourth-order valence-electron chi connectivity index (χ4n) is 4.63. The van der Waals surface area contributed by atoms with Gasteiger partial charge >= 0.3 is 0 Å². The summed E-state index contributed by atoms with van der Waals surface area (Å²) in [5.41, 5.74) is 8.55. The van der Waals surface area contributed by atoms with E-state index in [9.17, 15) is 0 Å². The van der Waals surface area contributed by atoms with E-state index in [0.29, 0.717) is 10.5 Å². The van der Waals surface area contributed by atoms with Crippen LogP contribution in [0.1, 0.15) is 18.4 Å². The van der Waals surface area contributed by atoms with E-state index in [-0.39, 0.29) is 0 Å². The third-order valence-corrected chi connectivity index (χ3v) is 7.81. The number of nitrogen functional groups attached to an aromatic ring is 1. The van der Waals surface area contributed by atoms with Crippen molar-refractivity contribution >= 4 is 45.0 Å². The van der Waals surface area contributed by atoms with E-state index in [1.165, 1.54) is 37.3 Å². The predicted molar refractivity (Wildman–Crippen MR) is 148 cm³/mol. The molecule has 0 saturated carbocycles. The molecule has 2 fully saturated rings. The highest BCUT2D eigenvalue weighted by Gasteiger charge is 2.39. The van der Waals surface area contributed by atoms with Crippen molar-refractivity contribution < 1.29 is 0 Å². The summed E-state index contributed by atoms with van der Waals surface area (Å²) in [6, 6.07) is 12.4. The molecule has 35 heavy (non-hydrogen) atoms. The lowest BCUT2D eigenvalue weighted by Crippen LogP contribution is -2.58. The minimum absolute atomic E-state index is 0.593. The molecule has 6 rings (SSSR count). The lowest BCUT2D eigenvalue weighted by Gasteiger charge is -2.48. The Bertz CT molecular complexity index is 1320. The number of thiazole rings is 1. The molecule has 3 aromatic heterocycles. The maximum absolute atomic E-state index is 5.66. The quantitative estimate of drug-likeness (QED) is 0.379. The van der Waals surface area contributed by atoms with E-state index in [2.05, 4.69) is 61.3 Å². The molecule has 5 heterocycles. The number of nitrogens with one attached hydrogen (secondary N) is 2. The Morgan fingerprint density at radius 1 is 1.06 bits per heavy atom. The number of benzene rings is 1. The van der Waals surface area contributed by atoms with Gasteiger partial charge in [0.15, 0.2) is 5.13 Å². The van der Waals surface area contributed by atoms with Crippen molar-refractivity contribution in [3.05, 3.63) is 67.1 Å². The van der Waals surface area contributed by atoms with Crippen LogP contribution in [0.25, 0.3) is 27.3 Å². The number of hydrogen-bond acceptors (Lipinski definition) is 8. The Hall–Kier alpha value is -3.49. The molecule has 0 amide bonds. The first kappa shape index (κ1) is 23.3. The summed E-state index contributed by atoms with van der Waals surface area (Å²) in [6.45, 7) is 8.50. The van der Waals surface area contributed by atoms with Gasteiger partial charge in [0.2, 0.25) is 0 Å². The molecule has 1 spiro atoms. The summed E-state index contributed by atoms with van der Waals surface area (Å²) < 4.78 is 0. The molecule has 1 aromatic carbocycles. The van der Waals surface area contributed by atoms with Gasteiger partial charge in [0.1, 0.15) is 11.6 Å². The number of nitrogens with zero attached hydrogens (tertiary/aromatic N) is 4. The summed E-state index contributed by atoms with van der Waals surface area (Å²) in [6.07, 6.45) is 10.0. The van der Waals surface area contributed by atoms with Crippen molar-refractivity contribution in [2.24, 2.45) is 5.41 Å². The molecule has 4 aromatic rings. The van der Waals surface area contributed by atoms with Crippen LogP contribution in [0.5, 0.6) is 0 Å². The molecule has 4 N–H and O–H groups in total. The molecule has 0 bridgehead atoms. The molecule has 0 atom stereocenters. The zero-order chi connectivity index (χ0) is 24.3. The van der Waals surface area contributed by atoms with Crippen LogP contribution < -0.4 is 21.3 Å². The van der Waals surface area contributed by atoms with Gasteiger partial charge in [-0.05, 0) is 59.0 Å². The molecule has 0 unspecified atom stereocenters. The smallest absolute Gasteiger partial charge is 0.180 e. The van der Waals surface area contributed by atoms with Gasteiger partial charge in [0, 0.05) is 57.2 Å². The van der Waals surface area contributed by atoms with E-state index >= 15 is 0 Å². The summed E-state index contributed by atoms with van der Waals surface area (Å²) >= 11 is 1.49. The molecule has 2 aliphatic heterocycles. The number of hydrogen-bond donors (Lipinski definition) is 3. The summed E-state index contributed by atoms with van der Waals surface area (Å²) in [5, 5.41) is 9.30. The predicted octanol–water partition coefficient (Wildman–Crippen LogP) is 4.90. The van der Waals surface area contributed by atoms with Gasteiger partial charge in [-0.2, -0.15) is 0 Å². The van der Waals surface area contributed by atoms with Crippen molar-refractivity contribution in [1.82, 2.24) is 20.3 Å². The SMILES string of the molecule is C=Cc1ccnc(N2CCC3(CC2)CNC3)c1.CNc1cc2cc(-c3cnc(N)s3)ccc2cn1. The second-order valence-corrected chi connectivity index (χ2v) is 10.2. The fraction of sp³-hybridized carbons (Fsp3) is 0.296. The van der Waals surface area contributed by atoms with Crippen LogP contribution in [0.15, 0.2) is 61.6 Å². The van der Waals surface area contributed by atoms with E-state index in [1.54, 1.807) is 6.20 Å². The maximum Gasteiger partial charge on any atom is 0.180 e. The van der Waals surface area contributed by atoms with Gasteiger partial charge in [0.05, 0.1) is 4.88 Å². The van der Waals surface area contributed by atoms with Crippen LogP contribution in [-0.2, 0) is 0 Å². The highest BCUT2D eigenvalue weighted by molar-refractivity contribution is 7.18. The maximum atomic E-state index is 5.66. The van der Waals surface area contributed by atoms with E-state index in [1.807, 2.05) is 37.7 Å². The highest BCUT2D eigenvalue weighted by atomic mass is 32.1. The average Bonchev–Trinajstić information content (AvgIpc) is 3.34. The number of pyridine rings is 2. The van der Waals surface area contributed by atoms with Crippen LogP contribution in [0.2, 0.25) is 0 Å². The minimum Gasteiger partial charge on any atom is -0.375 e. The first-order chi connectivity index (χ1) is 17.1. The Labute approximate surface area is 210 Å². The van der Waals surface area contributed by atoms with Crippen LogP contribution in [0, 0.1) is 5.41 Å². The van der Waals surface area contributed by atoms with Gasteiger partial charge in [-0.25, -0.2) is 15.0 Å². The molecule has 2 saturated heterocycles. The molecule has 180 valence electrons. The molecular formula is C27H31N7S. The molecule has 8 heteroatoms. The van der Waals surface area contributed by atoms with Crippen LogP contribution in [0.3, 0.4) is 0 Å². The minimum atomic E-state index is 0.593. The first-order valence-electron chi connectivity index (χ1n) is 11.9. The van der Waals surface area contributed by atoms with Crippen molar-refractivity contribution in [3.8, 4) is 10.4 Å². The number of fused-ring (bicyclic) bond motifs is 1. The van der Waals surface area contributed by atoms with Crippen molar-refractivity contribution in [2.45, 2.75) is 12.8 Å². The van der Waals surface area contributed by atoms with Crippen LogP contribution >= 0.6 is 11.3 Å². The number of anilines is 3. The van der Waals surface area contributed by atoms with Gasteiger partial charge in [-0.1, -0.05) is 36.1 Å². The van der Waals surface area contributed by atoms with Gasteiger partial charge in [-0.3, -0.25) is 0 Å². The van der Waals surface area contributed by atoms with Crippen LogP contribution in [0.4, 0.5) is 16.8 Å². The van der Waals surface area contributed by atoms with E-state index in [0.717, 1.165) is 51.5 Å². The summed E-state index contributed by atoms with van der Waals surface area (Å²) in [5.74, 6) is 1.97. The second kappa shape index (κ2) is 10.0. The standard InChI is InChI=1S/C14H19N3.C13H12N4S/c1-2-12-3-6-16-13(9-12)17-7-4-14(5-8-17)10-15-11-14;1-15-12-5-10-4-8(2-3-9(10)6-16-12)11-7-17-13(14)18-11/h2-3,6,9,15H,1,4-5,7-8,10-11H2;2-7H,1H3,(H2,14,17)(H,15,16). The molecular weight excluding hydrogens is 454 g/mol. The monoisotopic (exact) mass is 485 g/mol. The Balaban J connectivity index is 0.000000145. The second-order valence-electron chi connectivity index (χ2n) is 9.19. The summed E-state index contributed by atoms with van der Waals surface area (Å²) in [4.78, 5) is 16.3. The Morgan fingerprint density at radius 3 is 2.54 bits per heavy atom.